The lowest BCUT2D eigenvalue weighted by Crippen LogP contribution is -2.23. The molecule has 0 aliphatic heterocycles. The molecule has 1 aromatic rings. The number of anilines is 1. The van der Waals surface area contributed by atoms with Crippen LogP contribution in [0.2, 0.25) is 0 Å². The van der Waals surface area contributed by atoms with Crippen molar-refractivity contribution in [3.8, 4) is 0 Å². The van der Waals surface area contributed by atoms with Crippen molar-refractivity contribution in [3.63, 3.8) is 0 Å². The lowest BCUT2D eigenvalue weighted by Gasteiger charge is -2.20. The van der Waals surface area contributed by atoms with Gasteiger partial charge >= 0.3 is 0 Å². The molecular weight excluding hydrogens is 222 g/mol. The van der Waals surface area contributed by atoms with Crippen molar-refractivity contribution in [1.82, 2.24) is 4.98 Å². The zero-order valence-corrected chi connectivity index (χ0v) is 10.3. The number of rotatable bonds is 5. The van der Waals surface area contributed by atoms with Crippen LogP contribution < -0.4 is 4.90 Å². The predicted octanol–water partition coefficient (Wildman–Crippen LogP) is 1.51. The molecule has 1 rings (SSSR count). The van der Waals surface area contributed by atoms with Crippen molar-refractivity contribution in [3.05, 3.63) is 27.9 Å². The molecule has 1 N–H and O–H groups in total. The number of hydrogen-bond acceptors (Lipinski definition) is 5. The summed E-state index contributed by atoms with van der Waals surface area (Å²) in [7, 11) is 1.85. The van der Waals surface area contributed by atoms with E-state index in [0.29, 0.717) is 18.8 Å². The normalized spacial score (nSPS) is 12.2. The molecule has 17 heavy (non-hydrogen) atoms. The smallest absolute Gasteiger partial charge is 0.287 e. The minimum absolute atomic E-state index is 0.00447. The van der Waals surface area contributed by atoms with Gasteiger partial charge in [-0.3, -0.25) is 10.1 Å². The van der Waals surface area contributed by atoms with Crippen molar-refractivity contribution in [2.75, 3.05) is 18.5 Å². The molecule has 1 heterocycles. The van der Waals surface area contributed by atoms with Crippen LogP contribution in [0.5, 0.6) is 0 Å². The Morgan fingerprint density at radius 2 is 2.29 bits per heavy atom. The highest BCUT2D eigenvalue weighted by Gasteiger charge is 2.12. The number of aromatic nitrogens is 1. The zero-order valence-electron chi connectivity index (χ0n) is 10.3. The Kier molecular flexibility index (Phi) is 4.39. The Balaban J connectivity index is 2.81. The summed E-state index contributed by atoms with van der Waals surface area (Å²) in [5.41, 5.74) is 0.752. The van der Waals surface area contributed by atoms with Gasteiger partial charge in [-0.2, -0.15) is 0 Å². The molecule has 0 saturated heterocycles. The van der Waals surface area contributed by atoms with Crippen LogP contribution in [-0.2, 0) is 0 Å². The monoisotopic (exact) mass is 239 g/mol. The SMILES string of the molecule is Cc1cc([N+](=O)[O-])cnc1N(C)CC[C@H](C)O. The summed E-state index contributed by atoms with van der Waals surface area (Å²) < 4.78 is 0. The van der Waals surface area contributed by atoms with Crippen molar-refractivity contribution in [2.45, 2.75) is 26.4 Å². The van der Waals surface area contributed by atoms with Crippen LogP contribution in [-0.4, -0.2) is 34.7 Å². The van der Waals surface area contributed by atoms with Crippen molar-refractivity contribution < 1.29 is 10.0 Å². The molecule has 0 amide bonds. The zero-order chi connectivity index (χ0) is 13.0. The van der Waals surface area contributed by atoms with E-state index < -0.39 is 4.92 Å². The minimum atomic E-state index is -0.459. The number of hydrogen-bond donors (Lipinski definition) is 1. The Bertz CT molecular complexity index is 407. The molecule has 0 aliphatic carbocycles. The number of nitro groups is 1. The first-order chi connectivity index (χ1) is 7.91. The number of aliphatic hydroxyl groups excluding tert-OH is 1. The molecule has 0 unspecified atom stereocenters. The standard InChI is InChI=1S/C11H17N3O3/c1-8-6-10(14(16)17)7-12-11(8)13(3)5-4-9(2)15/h6-7,9,15H,4-5H2,1-3H3/t9-/m0/s1. The van der Waals surface area contributed by atoms with Gasteiger partial charge in [0.15, 0.2) is 0 Å². The number of nitrogens with zero attached hydrogens (tertiary/aromatic N) is 3. The third-order valence-electron chi connectivity index (χ3n) is 2.49. The fourth-order valence-electron chi connectivity index (χ4n) is 1.54. The third-order valence-corrected chi connectivity index (χ3v) is 2.49. The van der Waals surface area contributed by atoms with Crippen LogP contribution >= 0.6 is 0 Å². The largest absolute Gasteiger partial charge is 0.393 e. The average Bonchev–Trinajstić information content (AvgIpc) is 2.25. The summed E-state index contributed by atoms with van der Waals surface area (Å²) in [5, 5.41) is 19.8. The Hall–Kier alpha value is -1.69. The molecule has 0 bridgehead atoms. The molecule has 0 saturated carbocycles. The molecule has 1 aromatic heterocycles. The van der Waals surface area contributed by atoms with E-state index >= 15 is 0 Å². The van der Waals surface area contributed by atoms with Crippen LogP contribution in [0.4, 0.5) is 11.5 Å². The van der Waals surface area contributed by atoms with Gasteiger partial charge in [-0.1, -0.05) is 0 Å². The lowest BCUT2D eigenvalue weighted by atomic mass is 10.2. The van der Waals surface area contributed by atoms with Crippen molar-refractivity contribution in [1.29, 1.82) is 0 Å². The molecule has 6 nitrogen and oxygen atoms in total. The summed E-state index contributed by atoms with van der Waals surface area (Å²) in [6.45, 7) is 4.17. The molecule has 0 aromatic carbocycles. The second-order valence-electron chi connectivity index (χ2n) is 4.15. The topological polar surface area (TPSA) is 79.5 Å². The lowest BCUT2D eigenvalue weighted by molar-refractivity contribution is -0.385. The molecule has 0 fully saturated rings. The second-order valence-corrected chi connectivity index (χ2v) is 4.15. The van der Waals surface area contributed by atoms with Crippen LogP contribution in [0.25, 0.3) is 0 Å². The highest BCUT2D eigenvalue weighted by Crippen LogP contribution is 2.20. The Labute approximate surface area is 100 Å². The maximum Gasteiger partial charge on any atom is 0.287 e. The van der Waals surface area contributed by atoms with Gasteiger partial charge in [0.05, 0.1) is 11.0 Å². The van der Waals surface area contributed by atoms with Gasteiger partial charge in [0.25, 0.3) is 5.69 Å². The van der Waals surface area contributed by atoms with E-state index in [0.717, 1.165) is 5.56 Å². The molecule has 6 heteroatoms. The van der Waals surface area contributed by atoms with Crippen LogP contribution in [0.3, 0.4) is 0 Å². The number of aryl methyl sites for hydroxylation is 1. The summed E-state index contributed by atoms with van der Waals surface area (Å²) in [5.74, 6) is 0.705. The first-order valence-electron chi connectivity index (χ1n) is 5.42. The van der Waals surface area contributed by atoms with E-state index in [-0.39, 0.29) is 11.8 Å². The first kappa shape index (κ1) is 13.4. The van der Waals surface area contributed by atoms with E-state index in [4.69, 9.17) is 0 Å². The van der Waals surface area contributed by atoms with Gasteiger partial charge in [0.2, 0.25) is 0 Å². The molecule has 0 radical (unpaired) electrons. The van der Waals surface area contributed by atoms with Crippen LogP contribution in [0, 0.1) is 17.0 Å². The second kappa shape index (κ2) is 5.58. The average molecular weight is 239 g/mol. The van der Waals surface area contributed by atoms with Gasteiger partial charge in [-0.25, -0.2) is 4.98 Å². The minimum Gasteiger partial charge on any atom is -0.393 e. The van der Waals surface area contributed by atoms with Gasteiger partial charge < -0.3 is 10.0 Å². The highest BCUT2D eigenvalue weighted by atomic mass is 16.6. The maximum absolute atomic E-state index is 10.6. The fraction of sp³-hybridized carbons (Fsp3) is 0.545. The Morgan fingerprint density at radius 1 is 1.65 bits per heavy atom. The maximum atomic E-state index is 10.6. The van der Waals surface area contributed by atoms with Crippen LogP contribution in [0.1, 0.15) is 18.9 Å². The van der Waals surface area contributed by atoms with Gasteiger partial charge in [0, 0.05) is 19.7 Å². The van der Waals surface area contributed by atoms with Crippen molar-refractivity contribution >= 4 is 11.5 Å². The molecule has 0 aliphatic rings. The highest BCUT2D eigenvalue weighted by molar-refractivity contribution is 5.49. The summed E-state index contributed by atoms with van der Waals surface area (Å²) in [6.07, 6.45) is 1.52. The van der Waals surface area contributed by atoms with Gasteiger partial charge in [0.1, 0.15) is 12.0 Å². The predicted molar refractivity (Wildman–Crippen MR) is 65.2 cm³/mol. The molecule has 94 valence electrons. The Morgan fingerprint density at radius 3 is 2.76 bits per heavy atom. The van der Waals surface area contributed by atoms with E-state index in [1.54, 1.807) is 13.8 Å². The number of pyridine rings is 1. The van der Waals surface area contributed by atoms with E-state index in [2.05, 4.69) is 4.98 Å². The summed E-state index contributed by atoms with van der Waals surface area (Å²) in [6, 6.07) is 1.50. The molecule has 1 atom stereocenters. The van der Waals surface area contributed by atoms with Gasteiger partial charge in [-0.05, 0) is 25.8 Å². The molecule has 0 spiro atoms. The quantitative estimate of drug-likeness (QED) is 0.622. The van der Waals surface area contributed by atoms with Gasteiger partial charge in [-0.15, -0.1) is 0 Å². The molecular formula is C11H17N3O3. The summed E-state index contributed by atoms with van der Waals surface area (Å²) >= 11 is 0. The van der Waals surface area contributed by atoms with Crippen LogP contribution in [0.15, 0.2) is 12.3 Å². The fourth-order valence-corrected chi connectivity index (χ4v) is 1.54. The third kappa shape index (κ3) is 3.67. The first-order valence-corrected chi connectivity index (χ1v) is 5.42. The van der Waals surface area contributed by atoms with E-state index in [1.165, 1.54) is 12.3 Å². The number of aliphatic hydroxyl groups is 1. The summed E-state index contributed by atoms with van der Waals surface area (Å²) in [4.78, 5) is 16.1. The van der Waals surface area contributed by atoms with E-state index in [1.807, 2.05) is 11.9 Å². The van der Waals surface area contributed by atoms with E-state index in [9.17, 15) is 15.2 Å². The van der Waals surface area contributed by atoms with Crippen molar-refractivity contribution in [2.24, 2.45) is 0 Å².